The smallest absolute Gasteiger partial charge is 0.228 e. The van der Waals surface area contributed by atoms with Gasteiger partial charge in [-0.25, -0.2) is 15.0 Å². The van der Waals surface area contributed by atoms with Crippen LogP contribution < -0.4 is 14.7 Å². The normalized spacial score (nSPS) is 21.3. The number of nitrogens with zero attached hydrogens (tertiary/aromatic N) is 8. The lowest BCUT2D eigenvalue weighted by Gasteiger charge is -2.36. The molecule has 2 aromatic rings. The van der Waals surface area contributed by atoms with E-state index < -0.39 is 0 Å². The van der Waals surface area contributed by atoms with Gasteiger partial charge in [0.2, 0.25) is 5.95 Å². The van der Waals surface area contributed by atoms with Gasteiger partial charge >= 0.3 is 0 Å². The maximum absolute atomic E-state index is 5.58. The number of hydrogen-bond donors (Lipinski definition) is 0. The largest absolute Gasteiger partial charge is 0.378 e. The summed E-state index contributed by atoms with van der Waals surface area (Å²) >= 11 is 0. The molecule has 3 saturated heterocycles. The molecular formula is C21H32N8O2. The van der Waals surface area contributed by atoms with Crippen molar-refractivity contribution in [2.75, 3.05) is 94.5 Å². The molecule has 0 atom stereocenters. The molecule has 0 radical (unpaired) electrons. The standard InChI is InChI=1S/C21H32N8O2/c1-26(2)16-3-5-29(6-4-16)21-24-18-17(20(25-21)28-9-13-31-14-10-28)22-15-23-19(18)27-7-11-30-12-8-27/h15-16H,3-14H2,1-2H3. The summed E-state index contributed by atoms with van der Waals surface area (Å²) in [6.07, 6.45) is 3.87. The van der Waals surface area contributed by atoms with Gasteiger partial charge in [0.15, 0.2) is 11.6 Å². The first-order valence-electron chi connectivity index (χ1n) is 11.3. The molecule has 3 fully saturated rings. The lowest BCUT2D eigenvalue weighted by Crippen LogP contribution is -2.43. The molecule has 5 heterocycles. The molecule has 0 saturated carbocycles. The van der Waals surface area contributed by atoms with E-state index in [-0.39, 0.29) is 0 Å². The number of morpholine rings is 2. The van der Waals surface area contributed by atoms with E-state index >= 15 is 0 Å². The maximum atomic E-state index is 5.58. The summed E-state index contributed by atoms with van der Waals surface area (Å²) in [7, 11) is 4.32. The van der Waals surface area contributed by atoms with E-state index in [0.29, 0.717) is 32.5 Å². The number of hydrogen-bond acceptors (Lipinski definition) is 10. The first kappa shape index (κ1) is 20.6. The number of rotatable bonds is 4. The summed E-state index contributed by atoms with van der Waals surface area (Å²) in [4.78, 5) is 28.5. The van der Waals surface area contributed by atoms with Crippen molar-refractivity contribution in [2.45, 2.75) is 18.9 Å². The highest BCUT2D eigenvalue weighted by Gasteiger charge is 2.27. The van der Waals surface area contributed by atoms with E-state index in [1.807, 2.05) is 0 Å². The van der Waals surface area contributed by atoms with E-state index in [0.717, 1.165) is 80.7 Å². The molecule has 0 N–H and O–H groups in total. The zero-order chi connectivity index (χ0) is 21.2. The van der Waals surface area contributed by atoms with Crippen LogP contribution in [-0.2, 0) is 9.47 Å². The Balaban J connectivity index is 1.55. The fraction of sp³-hybridized carbons (Fsp3) is 0.714. The minimum absolute atomic E-state index is 0.614. The predicted molar refractivity (Wildman–Crippen MR) is 120 cm³/mol. The first-order valence-corrected chi connectivity index (χ1v) is 11.3. The SMILES string of the molecule is CN(C)C1CCN(c2nc(N3CCOCC3)c3ncnc(N4CCOCC4)c3n2)CC1. The van der Waals surface area contributed by atoms with Crippen LogP contribution >= 0.6 is 0 Å². The lowest BCUT2D eigenvalue weighted by atomic mass is 10.0. The van der Waals surface area contributed by atoms with Crippen molar-refractivity contribution in [3.8, 4) is 0 Å². The van der Waals surface area contributed by atoms with Crippen molar-refractivity contribution in [1.29, 1.82) is 0 Å². The van der Waals surface area contributed by atoms with Crippen LogP contribution in [0.1, 0.15) is 12.8 Å². The highest BCUT2D eigenvalue weighted by Crippen LogP contribution is 2.31. The Hall–Kier alpha value is -2.30. The van der Waals surface area contributed by atoms with Crippen molar-refractivity contribution in [3.05, 3.63) is 6.33 Å². The molecule has 0 aromatic carbocycles. The van der Waals surface area contributed by atoms with Crippen LogP contribution in [0.25, 0.3) is 11.0 Å². The highest BCUT2D eigenvalue weighted by molar-refractivity contribution is 5.94. The number of fused-ring (bicyclic) bond motifs is 1. The Labute approximate surface area is 183 Å². The molecule has 3 aliphatic heterocycles. The predicted octanol–water partition coefficient (Wildman–Crippen LogP) is 0.623. The second-order valence-corrected chi connectivity index (χ2v) is 8.62. The quantitative estimate of drug-likeness (QED) is 0.691. The summed E-state index contributed by atoms with van der Waals surface area (Å²) in [6.45, 7) is 7.98. The third kappa shape index (κ3) is 4.24. The van der Waals surface area contributed by atoms with Crippen molar-refractivity contribution >= 4 is 28.6 Å². The van der Waals surface area contributed by atoms with Crippen molar-refractivity contribution in [1.82, 2.24) is 24.8 Å². The fourth-order valence-corrected chi connectivity index (χ4v) is 4.63. The van der Waals surface area contributed by atoms with E-state index in [9.17, 15) is 0 Å². The molecule has 10 heteroatoms. The minimum atomic E-state index is 0.614. The van der Waals surface area contributed by atoms with Gasteiger partial charge in [0.25, 0.3) is 0 Å². The average Bonchev–Trinajstić information content (AvgIpc) is 2.84. The Kier molecular flexibility index (Phi) is 6.02. The van der Waals surface area contributed by atoms with Crippen LogP contribution in [0.15, 0.2) is 6.33 Å². The Morgan fingerprint density at radius 1 is 0.742 bits per heavy atom. The van der Waals surface area contributed by atoms with Crippen molar-refractivity contribution in [2.24, 2.45) is 0 Å². The van der Waals surface area contributed by atoms with Crippen LogP contribution in [0.2, 0.25) is 0 Å². The molecule has 3 aliphatic rings. The molecule has 0 amide bonds. The van der Waals surface area contributed by atoms with E-state index in [1.165, 1.54) is 0 Å². The van der Waals surface area contributed by atoms with Crippen molar-refractivity contribution in [3.63, 3.8) is 0 Å². The zero-order valence-electron chi connectivity index (χ0n) is 18.5. The van der Waals surface area contributed by atoms with Gasteiger partial charge < -0.3 is 29.1 Å². The molecule has 2 aromatic heterocycles. The van der Waals surface area contributed by atoms with Gasteiger partial charge in [-0.15, -0.1) is 0 Å². The summed E-state index contributed by atoms with van der Waals surface area (Å²) in [5.41, 5.74) is 1.66. The van der Waals surface area contributed by atoms with Crippen LogP contribution in [0.5, 0.6) is 0 Å². The van der Waals surface area contributed by atoms with Gasteiger partial charge in [0.05, 0.1) is 26.4 Å². The fourth-order valence-electron chi connectivity index (χ4n) is 4.63. The van der Waals surface area contributed by atoms with E-state index in [4.69, 9.17) is 19.4 Å². The molecule has 0 unspecified atom stereocenters. The molecule has 168 valence electrons. The lowest BCUT2D eigenvalue weighted by molar-refractivity contribution is 0.122. The summed E-state index contributed by atoms with van der Waals surface area (Å²) in [5.74, 6) is 2.57. The van der Waals surface area contributed by atoms with Gasteiger partial charge in [-0.05, 0) is 26.9 Å². The molecule has 0 spiro atoms. The number of ether oxygens (including phenoxy) is 2. The van der Waals surface area contributed by atoms with Crippen LogP contribution in [-0.4, -0.2) is 111 Å². The minimum Gasteiger partial charge on any atom is -0.378 e. The van der Waals surface area contributed by atoms with Gasteiger partial charge in [-0.2, -0.15) is 4.98 Å². The highest BCUT2D eigenvalue weighted by atomic mass is 16.5. The van der Waals surface area contributed by atoms with Gasteiger partial charge in [-0.3, -0.25) is 0 Å². The topological polar surface area (TPSA) is 83.0 Å². The molecule has 31 heavy (non-hydrogen) atoms. The Morgan fingerprint density at radius 3 is 1.97 bits per heavy atom. The monoisotopic (exact) mass is 428 g/mol. The van der Waals surface area contributed by atoms with Crippen molar-refractivity contribution < 1.29 is 9.47 Å². The number of aromatic nitrogens is 4. The second kappa shape index (κ2) is 9.05. The van der Waals surface area contributed by atoms with E-state index in [2.05, 4.69) is 43.7 Å². The zero-order valence-corrected chi connectivity index (χ0v) is 18.5. The van der Waals surface area contributed by atoms with Crippen LogP contribution in [0.4, 0.5) is 17.6 Å². The third-order valence-electron chi connectivity index (χ3n) is 6.53. The summed E-state index contributed by atoms with van der Waals surface area (Å²) < 4.78 is 11.1. The molecule has 10 nitrogen and oxygen atoms in total. The first-order chi connectivity index (χ1) is 15.2. The molecule has 0 aliphatic carbocycles. The molecule has 0 bridgehead atoms. The third-order valence-corrected chi connectivity index (χ3v) is 6.53. The Bertz CT molecular complexity index is 890. The van der Waals surface area contributed by atoms with Crippen LogP contribution in [0, 0.1) is 0 Å². The summed E-state index contributed by atoms with van der Waals surface area (Å²) in [6, 6.07) is 0.614. The van der Waals surface area contributed by atoms with Gasteiger partial charge in [0.1, 0.15) is 17.4 Å². The number of anilines is 3. The van der Waals surface area contributed by atoms with Crippen LogP contribution in [0.3, 0.4) is 0 Å². The maximum Gasteiger partial charge on any atom is 0.228 e. The van der Waals surface area contributed by atoms with Gasteiger partial charge in [-0.1, -0.05) is 0 Å². The number of piperidine rings is 1. The summed E-state index contributed by atoms with van der Waals surface area (Å²) in [5, 5.41) is 0. The van der Waals surface area contributed by atoms with Gasteiger partial charge in [0, 0.05) is 45.3 Å². The Morgan fingerprint density at radius 2 is 1.35 bits per heavy atom. The second-order valence-electron chi connectivity index (χ2n) is 8.62. The molecule has 5 rings (SSSR count). The molecular weight excluding hydrogens is 396 g/mol. The van der Waals surface area contributed by atoms with E-state index in [1.54, 1.807) is 6.33 Å². The average molecular weight is 429 g/mol.